The van der Waals surface area contributed by atoms with Gasteiger partial charge in [-0.25, -0.2) is 4.39 Å². The molecule has 0 aliphatic rings. The van der Waals surface area contributed by atoms with Crippen molar-refractivity contribution < 1.29 is 4.39 Å². The zero-order valence-corrected chi connectivity index (χ0v) is 11.5. The van der Waals surface area contributed by atoms with E-state index in [9.17, 15) is 14.0 Å². The van der Waals surface area contributed by atoms with E-state index in [1.165, 1.54) is 40.7 Å². The lowest BCUT2D eigenvalue weighted by molar-refractivity contribution is 0.620. The van der Waals surface area contributed by atoms with Crippen LogP contribution in [0.1, 0.15) is 11.1 Å². The third-order valence-electron chi connectivity index (χ3n) is 2.88. The van der Waals surface area contributed by atoms with Crippen LogP contribution in [0.2, 0.25) is 0 Å². The molecule has 0 atom stereocenters. The van der Waals surface area contributed by atoms with Crippen molar-refractivity contribution in [3.63, 3.8) is 0 Å². The van der Waals surface area contributed by atoms with Gasteiger partial charge >= 0.3 is 11.1 Å². The van der Waals surface area contributed by atoms with E-state index >= 15 is 0 Å². The van der Waals surface area contributed by atoms with Gasteiger partial charge in [-0.1, -0.05) is 11.8 Å². The van der Waals surface area contributed by atoms with Crippen molar-refractivity contribution in [2.24, 2.45) is 12.8 Å². The molecule has 0 radical (unpaired) electrons. The summed E-state index contributed by atoms with van der Waals surface area (Å²) < 4.78 is 16.0. The van der Waals surface area contributed by atoms with Crippen molar-refractivity contribution in [3.8, 4) is 11.8 Å². The van der Waals surface area contributed by atoms with E-state index in [1.54, 1.807) is 6.07 Å². The van der Waals surface area contributed by atoms with Crippen LogP contribution in [0.4, 0.5) is 4.39 Å². The fourth-order valence-electron chi connectivity index (χ4n) is 1.88. The van der Waals surface area contributed by atoms with Gasteiger partial charge in [0.05, 0.1) is 13.1 Å². The van der Waals surface area contributed by atoms with E-state index in [0.29, 0.717) is 11.1 Å². The average molecular weight is 287 g/mol. The zero-order chi connectivity index (χ0) is 15.4. The van der Waals surface area contributed by atoms with Crippen LogP contribution >= 0.6 is 0 Å². The Labute approximate surface area is 120 Å². The van der Waals surface area contributed by atoms with Crippen molar-refractivity contribution in [3.05, 3.63) is 68.2 Å². The van der Waals surface area contributed by atoms with Gasteiger partial charge in [-0.05, 0) is 23.8 Å². The van der Waals surface area contributed by atoms with Crippen LogP contribution in [0.15, 0.2) is 40.2 Å². The average Bonchev–Trinajstić information content (AvgIpc) is 2.45. The minimum absolute atomic E-state index is 0.101. The summed E-state index contributed by atoms with van der Waals surface area (Å²) in [5.74, 6) is 4.93. The number of aromatic nitrogens is 2. The maximum atomic E-state index is 13.5. The maximum Gasteiger partial charge on any atom is 0.316 e. The Morgan fingerprint density at radius 3 is 2.67 bits per heavy atom. The minimum Gasteiger partial charge on any atom is -0.320 e. The van der Waals surface area contributed by atoms with Gasteiger partial charge in [-0.15, -0.1) is 0 Å². The normalized spacial score (nSPS) is 10.0. The Kier molecular flexibility index (Phi) is 4.36. The first kappa shape index (κ1) is 14.8. The highest BCUT2D eigenvalue weighted by Crippen LogP contribution is 2.09. The Hall–Kier alpha value is -2.65. The molecule has 2 rings (SSSR count). The van der Waals surface area contributed by atoms with Gasteiger partial charge in [-0.2, -0.15) is 0 Å². The lowest BCUT2D eigenvalue weighted by Crippen LogP contribution is -2.39. The molecular formula is C15H14FN3O2. The number of hydrogen-bond donors (Lipinski definition) is 1. The number of rotatable bonds is 2. The molecule has 108 valence electrons. The van der Waals surface area contributed by atoms with Crippen LogP contribution in [0.25, 0.3) is 0 Å². The van der Waals surface area contributed by atoms with Crippen LogP contribution in [0.3, 0.4) is 0 Å². The topological polar surface area (TPSA) is 70.0 Å². The van der Waals surface area contributed by atoms with Gasteiger partial charge in [0.25, 0.3) is 0 Å². The van der Waals surface area contributed by atoms with E-state index in [4.69, 9.17) is 5.73 Å². The standard InChI is InChI=1S/C15H14FN3O2/c1-18-5-6-19(15(21)14(18)20)10-12-7-11(3-2-4-17)8-13(16)9-12/h5-9H,4,10,17H2,1H3. The molecule has 6 heteroatoms. The van der Waals surface area contributed by atoms with Gasteiger partial charge in [0, 0.05) is 25.0 Å². The number of hydrogen-bond acceptors (Lipinski definition) is 3. The molecule has 0 saturated heterocycles. The first-order valence-corrected chi connectivity index (χ1v) is 6.26. The molecule has 1 heterocycles. The van der Waals surface area contributed by atoms with Crippen LogP contribution in [0.5, 0.6) is 0 Å². The minimum atomic E-state index is -0.654. The summed E-state index contributed by atoms with van der Waals surface area (Å²) in [6, 6.07) is 4.26. The van der Waals surface area contributed by atoms with E-state index in [0.717, 1.165) is 0 Å². The molecule has 0 spiro atoms. The molecule has 1 aromatic carbocycles. The van der Waals surface area contributed by atoms with Crippen molar-refractivity contribution in [1.82, 2.24) is 9.13 Å². The first-order valence-electron chi connectivity index (χ1n) is 6.26. The number of nitrogens with zero attached hydrogens (tertiary/aromatic N) is 2. The number of benzene rings is 1. The predicted octanol–water partition coefficient (Wildman–Crippen LogP) is 0.0446. The molecule has 0 amide bonds. The summed E-state index contributed by atoms with van der Waals surface area (Å²) in [6.45, 7) is 0.282. The van der Waals surface area contributed by atoms with Crippen LogP contribution in [-0.4, -0.2) is 15.7 Å². The molecule has 5 nitrogen and oxygen atoms in total. The molecular weight excluding hydrogens is 273 g/mol. The second kappa shape index (κ2) is 6.20. The van der Waals surface area contributed by atoms with Crippen molar-refractivity contribution in [2.45, 2.75) is 6.54 Å². The molecule has 2 aromatic rings. The summed E-state index contributed by atoms with van der Waals surface area (Å²) in [5.41, 5.74) is 5.02. The second-order valence-corrected chi connectivity index (χ2v) is 4.50. The van der Waals surface area contributed by atoms with Crippen LogP contribution in [0, 0.1) is 17.7 Å². The molecule has 21 heavy (non-hydrogen) atoms. The highest BCUT2D eigenvalue weighted by Gasteiger charge is 2.05. The van der Waals surface area contributed by atoms with E-state index < -0.39 is 16.9 Å². The quantitative estimate of drug-likeness (QED) is 0.626. The first-order chi connectivity index (χ1) is 10.0. The second-order valence-electron chi connectivity index (χ2n) is 4.50. The summed E-state index contributed by atoms with van der Waals surface area (Å²) in [5, 5.41) is 0. The Morgan fingerprint density at radius 1 is 1.19 bits per heavy atom. The Balaban J connectivity index is 2.40. The van der Waals surface area contributed by atoms with Gasteiger partial charge < -0.3 is 14.9 Å². The molecule has 0 aliphatic heterocycles. The van der Waals surface area contributed by atoms with E-state index in [2.05, 4.69) is 11.8 Å². The summed E-state index contributed by atoms with van der Waals surface area (Å²) in [6.07, 6.45) is 2.97. The largest absolute Gasteiger partial charge is 0.320 e. The fraction of sp³-hybridized carbons (Fsp3) is 0.200. The Bertz CT molecular complexity index is 840. The van der Waals surface area contributed by atoms with Gasteiger partial charge in [0.1, 0.15) is 5.82 Å². The third-order valence-corrected chi connectivity index (χ3v) is 2.88. The van der Waals surface area contributed by atoms with E-state index in [1.807, 2.05) is 0 Å². The van der Waals surface area contributed by atoms with Crippen molar-refractivity contribution >= 4 is 0 Å². The highest BCUT2D eigenvalue weighted by molar-refractivity contribution is 5.38. The molecule has 0 unspecified atom stereocenters. The summed E-state index contributed by atoms with van der Waals surface area (Å²) in [7, 11) is 1.50. The monoisotopic (exact) mass is 287 g/mol. The molecule has 0 bridgehead atoms. The van der Waals surface area contributed by atoms with Gasteiger partial charge in [-0.3, -0.25) is 9.59 Å². The number of halogens is 1. The molecule has 1 aromatic heterocycles. The molecule has 2 N–H and O–H groups in total. The number of nitrogens with two attached hydrogens (primary N) is 1. The smallest absolute Gasteiger partial charge is 0.316 e. The maximum absolute atomic E-state index is 13.5. The van der Waals surface area contributed by atoms with Gasteiger partial charge in [0.2, 0.25) is 0 Å². The SMILES string of the molecule is Cn1ccn(Cc2cc(F)cc(C#CCN)c2)c(=O)c1=O. The molecule has 0 aliphatic carbocycles. The summed E-state index contributed by atoms with van der Waals surface area (Å²) in [4.78, 5) is 23.4. The molecule has 0 saturated carbocycles. The fourth-order valence-corrected chi connectivity index (χ4v) is 1.88. The molecule has 0 fully saturated rings. The summed E-state index contributed by atoms with van der Waals surface area (Å²) >= 11 is 0. The third kappa shape index (κ3) is 3.46. The van der Waals surface area contributed by atoms with E-state index in [-0.39, 0.29) is 13.1 Å². The lowest BCUT2D eigenvalue weighted by atomic mass is 10.1. The van der Waals surface area contributed by atoms with Crippen molar-refractivity contribution in [1.29, 1.82) is 0 Å². The zero-order valence-electron chi connectivity index (χ0n) is 11.5. The predicted molar refractivity (Wildman–Crippen MR) is 77.4 cm³/mol. The van der Waals surface area contributed by atoms with Gasteiger partial charge in [0.15, 0.2) is 0 Å². The number of aryl methyl sites for hydroxylation is 1. The lowest BCUT2D eigenvalue weighted by Gasteiger charge is -2.07. The van der Waals surface area contributed by atoms with Crippen molar-refractivity contribution in [2.75, 3.05) is 6.54 Å². The highest BCUT2D eigenvalue weighted by atomic mass is 19.1. The Morgan fingerprint density at radius 2 is 1.95 bits per heavy atom. The van der Waals surface area contributed by atoms with Crippen LogP contribution in [-0.2, 0) is 13.6 Å². The van der Waals surface area contributed by atoms with Crippen LogP contribution < -0.4 is 16.9 Å².